The average molecular weight is 415 g/mol. The van der Waals surface area contributed by atoms with E-state index >= 15 is 0 Å². The van der Waals surface area contributed by atoms with Crippen LogP contribution in [0.3, 0.4) is 0 Å². The molecule has 0 saturated heterocycles. The monoisotopic (exact) mass is 414 g/mol. The predicted molar refractivity (Wildman–Crippen MR) is 117 cm³/mol. The largest absolute Gasteiger partial charge is 0.366 e. The minimum absolute atomic E-state index is 0.215. The summed E-state index contributed by atoms with van der Waals surface area (Å²) in [4.78, 5) is 12.4. The third-order valence-electron chi connectivity index (χ3n) is 5.41. The van der Waals surface area contributed by atoms with Gasteiger partial charge in [0.25, 0.3) is 0 Å². The quantitative estimate of drug-likeness (QED) is 0.484. The summed E-state index contributed by atoms with van der Waals surface area (Å²) in [5.74, 6) is 1.24. The molecule has 1 atom stereocenters. The van der Waals surface area contributed by atoms with Crippen molar-refractivity contribution in [1.29, 1.82) is 0 Å². The first kappa shape index (κ1) is 19.5. The number of hydrogen-bond acceptors (Lipinski definition) is 6. The minimum atomic E-state index is -3.34. The highest BCUT2D eigenvalue weighted by Gasteiger charge is 2.35. The van der Waals surface area contributed by atoms with Crippen LogP contribution < -0.4 is 15.4 Å². The number of aromatic amines is 1. The van der Waals surface area contributed by atoms with Gasteiger partial charge in [-0.25, -0.2) is 8.42 Å². The lowest BCUT2D eigenvalue weighted by atomic mass is 9.87. The van der Waals surface area contributed by atoms with E-state index in [1.807, 2.05) is 18.3 Å². The molecule has 4 rings (SSSR count). The molecule has 9 heteroatoms. The van der Waals surface area contributed by atoms with Crippen molar-refractivity contribution in [3.63, 3.8) is 0 Å². The summed E-state index contributed by atoms with van der Waals surface area (Å²) in [5, 5.41) is 7.76. The van der Waals surface area contributed by atoms with Crippen LogP contribution >= 0.6 is 0 Å². The molecular formula is C20H26N6O2S. The van der Waals surface area contributed by atoms with Crippen LogP contribution in [-0.2, 0) is 10.0 Å². The van der Waals surface area contributed by atoms with E-state index in [4.69, 9.17) is 4.98 Å². The van der Waals surface area contributed by atoms with Gasteiger partial charge in [0, 0.05) is 17.9 Å². The van der Waals surface area contributed by atoms with Gasteiger partial charge in [-0.3, -0.25) is 4.72 Å². The molecule has 1 fully saturated rings. The van der Waals surface area contributed by atoms with Gasteiger partial charge in [0.15, 0.2) is 0 Å². The number of sulfonamides is 1. The fraction of sp³-hybridized carbons (Fsp3) is 0.400. The Labute approximate surface area is 170 Å². The number of H-pyrrole nitrogens is 1. The first-order valence-corrected chi connectivity index (χ1v) is 11.6. The second kappa shape index (κ2) is 7.22. The minimum Gasteiger partial charge on any atom is -0.366 e. The Morgan fingerprint density at radius 1 is 1.17 bits per heavy atom. The fourth-order valence-corrected chi connectivity index (χ4v) is 4.43. The van der Waals surface area contributed by atoms with Gasteiger partial charge in [-0.05, 0) is 42.5 Å². The molecule has 4 N–H and O–H groups in total. The maximum atomic E-state index is 11.5. The first-order valence-electron chi connectivity index (χ1n) is 9.66. The molecule has 2 aromatic heterocycles. The van der Waals surface area contributed by atoms with E-state index in [0.717, 1.165) is 29.5 Å². The van der Waals surface area contributed by atoms with Crippen LogP contribution in [0, 0.1) is 5.41 Å². The van der Waals surface area contributed by atoms with Crippen molar-refractivity contribution in [2.45, 2.75) is 39.2 Å². The van der Waals surface area contributed by atoms with Crippen molar-refractivity contribution < 1.29 is 8.42 Å². The van der Waals surface area contributed by atoms with Gasteiger partial charge in [0.2, 0.25) is 16.0 Å². The molecule has 0 unspecified atom stereocenters. The van der Waals surface area contributed by atoms with Gasteiger partial charge in [0.05, 0.1) is 17.3 Å². The standard InChI is InChI=1S/C20H26N6O2S/c1-20(2)10-5-8-16(20)23-18-15-9-11-21-17(15)24-19(25-18)22-13-6-4-7-14(12-13)26-29(3,27)28/h4,6-7,9,11-12,16,26H,5,8,10H2,1-3H3,(H3,21,22,23,24,25)/t16-/m1/s1. The number of aromatic nitrogens is 3. The maximum absolute atomic E-state index is 11.5. The number of benzene rings is 1. The lowest BCUT2D eigenvalue weighted by molar-refractivity contribution is 0.349. The van der Waals surface area contributed by atoms with Crippen molar-refractivity contribution in [1.82, 2.24) is 15.0 Å². The van der Waals surface area contributed by atoms with Crippen LogP contribution in [0.1, 0.15) is 33.1 Å². The molecule has 1 saturated carbocycles. The summed E-state index contributed by atoms with van der Waals surface area (Å²) in [5.41, 5.74) is 2.12. The molecule has 0 spiro atoms. The Balaban J connectivity index is 1.63. The van der Waals surface area contributed by atoms with Crippen molar-refractivity contribution in [2.75, 3.05) is 21.6 Å². The van der Waals surface area contributed by atoms with Crippen LogP contribution in [0.5, 0.6) is 0 Å². The van der Waals surface area contributed by atoms with Crippen LogP contribution in [0.4, 0.5) is 23.1 Å². The van der Waals surface area contributed by atoms with Gasteiger partial charge < -0.3 is 15.6 Å². The van der Waals surface area contributed by atoms with Crippen LogP contribution in [0.15, 0.2) is 36.5 Å². The summed E-state index contributed by atoms with van der Waals surface area (Å²) in [6, 6.07) is 9.32. The molecule has 1 aliphatic carbocycles. The number of hydrogen-bond donors (Lipinski definition) is 4. The lowest BCUT2D eigenvalue weighted by Crippen LogP contribution is -2.31. The van der Waals surface area contributed by atoms with E-state index in [-0.39, 0.29) is 5.41 Å². The second-order valence-electron chi connectivity index (χ2n) is 8.29. The first-order chi connectivity index (χ1) is 13.7. The molecule has 8 nitrogen and oxygen atoms in total. The molecule has 0 aliphatic heterocycles. The second-order valence-corrected chi connectivity index (χ2v) is 10.0. The summed E-state index contributed by atoms with van der Waals surface area (Å²) < 4.78 is 25.4. The van der Waals surface area contributed by atoms with Crippen molar-refractivity contribution in [3.8, 4) is 0 Å². The summed E-state index contributed by atoms with van der Waals surface area (Å²) in [6.45, 7) is 4.57. The van der Waals surface area contributed by atoms with Crippen LogP contribution in [0.25, 0.3) is 11.0 Å². The Morgan fingerprint density at radius 2 is 1.97 bits per heavy atom. The summed E-state index contributed by atoms with van der Waals surface area (Å²) >= 11 is 0. The van der Waals surface area contributed by atoms with Crippen LogP contribution in [-0.4, -0.2) is 35.7 Å². The predicted octanol–water partition coefficient (Wildman–Crippen LogP) is 4.06. The third-order valence-corrected chi connectivity index (χ3v) is 6.01. The number of fused-ring (bicyclic) bond motifs is 1. The highest BCUT2D eigenvalue weighted by Crippen LogP contribution is 2.39. The van der Waals surface area contributed by atoms with Gasteiger partial charge >= 0.3 is 0 Å². The van der Waals surface area contributed by atoms with E-state index in [0.29, 0.717) is 23.4 Å². The van der Waals surface area contributed by atoms with Gasteiger partial charge in [-0.2, -0.15) is 9.97 Å². The molecule has 0 amide bonds. The molecule has 154 valence electrons. The highest BCUT2D eigenvalue weighted by molar-refractivity contribution is 7.92. The molecular weight excluding hydrogens is 388 g/mol. The topological polar surface area (TPSA) is 112 Å². The van der Waals surface area contributed by atoms with E-state index < -0.39 is 10.0 Å². The Kier molecular flexibility index (Phi) is 4.85. The van der Waals surface area contributed by atoms with Gasteiger partial charge in [-0.1, -0.05) is 26.3 Å². The molecule has 1 aliphatic rings. The van der Waals surface area contributed by atoms with Crippen LogP contribution in [0.2, 0.25) is 0 Å². The average Bonchev–Trinajstić information content (AvgIpc) is 3.20. The fourth-order valence-electron chi connectivity index (χ4n) is 3.87. The molecule has 0 radical (unpaired) electrons. The molecule has 3 aromatic rings. The normalized spacial score (nSPS) is 18.7. The molecule has 1 aromatic carbocycles. The Bertz CT molecular complexity index is 1140. The summed E-state index contributed by atoms with van der Waals surface area (Å²) in [6.07, 6.45) is 6.49. The number of nitrogens with one attached hydrogen (secondary N) is 4. The van der Waals surface area contributed by atoms with E-state index in [1.54, 1.807) is 18.2 Å². The molecule has 0 bridgehead atoms. The summed E-state index contributed by atoms with van der Waals surface area (Å²) in [7, 11) is -3.34. The van der Waals surface area contributed by atoms with Gasteiger partial charge in [0.1, 0.15) is 11.5 Å². The molecule has 29 heavy (non-hydrogen) atoms. The van der Waals surface area contributed by atoms with Crippen molar-refractivity contribution in [2.24, 2.45) is 5.41 Å². The van der Waals surface area contributed by atoms with Gasteiger partial charge in [-0.15, -0.1) is 0 Å². The SMILES string of the molecule is CC1(C)CCC[C@H]1Nc1nc(Nc2cccc(NS(C)(=O)=O)c2)nc2[nH]ccc12. The highest BCUT2D eigenvalue weighted by atomic mass is 32.2. The lowest BCUT2D eigenvalue weighted by Gasteiger charge is -2.28. The zero-order valence-corrected chi connectivity index (χ0v) is 17.6. The Morgan fingerprint density at radius 3 is 2.69 bits per heavy atom. The smallest absolute Gasteiger partial charge is 0.231 e. The number of anilines is 4. The van der Waals surface area contributed by atoms with Crippen molar-refractivity contribution in [3.05, 3.63) is 36.5 Å². The molecule has 2 heterocycles. The Hall–Kier alpha value is -2.81. The zero-order valence-electron chi connectivity index (χ0n) is 16.8. The third kappa shape index (κ3) is 4.45. The maximum Gasteiger partial charge on any atom is 0.231 e. The number of nitrogens with zero attached hydrogens (tertiary/aromatic N) is 2. The van der Waals surface area contributed by atoms with Crippen molar-refractivity contribution >= 4 is 44.2 Å². The van der Waals surface area contributed by atoms with E-state index in [2.05, 4.69) is 39.2 Å². The zero-order chi connectivity index (χ0) is 20.6. The van der Waals surface area contributed by atoms with E-state index in [1.165, 1.54) is 12.8 Å². The van der Waals surface area contributed by atoms with E-state index in [9.17, 15) is 8.42 Å². The number of rotatable bonds is 6.